The highest BCUT2D eigenvalue weighted by atomic mass is 79.9. The fourth-order valence-corrected chi connectivity index (χ4v) is 3.82. The molecular weight excluding hydrogens is 448 g/mol. The topological polar surface area (TPSA) is 50.4 Å². The molecular formula is C19H22Br2N2O2. The number of ether oxygens (including phenoxy) is 1. The molecule has 0 bridgehead atoms. The smallest absolute Gasteiger partial charge is 0.251 e. The van der Waals surface area contributed by atoms with Crippen LogP contribution in [0.3, 0.4) is 0 Å². The third-order valence-electron chi connectivity index (χ3n) is 3.57. The summed E-state index contributed by atoms with van der Waals surface area (Å²) in [5.74, 6) is 1.16. The largest absolute Gasteiger partial charge is 0.495 e. The minimum absolute atomic E-state index is 0.0554. The lowest BCUT2D eigenvalue weighted by Crippen LogP contribution is -2.27. The Bertz CT molecular complexity index is 748. The maximum Gasteiger partial charge on any atom is 0.251 e. The van der Waals surface area contributed by atoms with Crippen LogP contribution in [0.15, 0.2) is 45.3 Å². The second-order valence-corrected chi connectivity index (χ2v) is 7.89. The van der Waals surface area contributed by atoms with Gasteiger partial charge in [-0.15, -0.1) is 0 Å². The Morgan fingerprint density at radius 2 is 1.96 bits per heavy atom. The van der Waals surface area contributed by atoms with Crippen LogP contribution >= 0.6 is 31.9 Å². The SMILES string of the molecule is COc1c(Br)cc(Br)cc1CNc1cccc(C(=O)NCC(C)C)c1. The van der Waals surface area contributed by atoms with Gasteiger partial charge < -0.3 is 15.4 Å². The summed E-state index contributed by atoms with van der Waals surface area (Å²) in [4.78, 5) is 12.2. The van der Waals surface area contributed by atoms with Crippen LogP contribution in [0, 0.1) is 5.92 Å². The molecule has 0 aliphatic heterocycles. The standard InChI is InChI=1S/C19H22Br2N2O2/c1-12(2)10-23-19(24)13-5-4-6-16(8-13)22-11-14-7-15(20)9-17(21)18(14)25-3/h4-9,12,22H,10-11H2,1-3H3,(H,23,24). The molecule has 0 aliphatic carbocycles. The molecule has 4 nitrogen and oxygen atoms in total. The van der Waals surface area contributed by atoms with Gasteiger partial charge in [0.1, 0.15) is 5.75 Å². The van der Waals surface area contributed by atoms with Gasteiger partial charge in [0.15, 0.2) is 0 Å². The first-order chi connectivity index (χ1) is 11.9. The summed E-state index contributed by atoms with van der Waals surface area (Å²) in [6.07, 6.45) is 0. The van der Waals surface area contributed by atoms with Crippen molar-refractivity contribution in [2.24, 2.45) is 5.92 Å². The van der Waals surface area contributed by atoms with Crippen LogP contribution in [0.2, 0.25) is 0 Å². The van der Waals surface area contributed by atoms with Gasteiger partial charge in [-0.2, -0.15) is 0 Å². The number of carbonyl (C=O) groups is 1. The van der Waals surface area contributed by atoms with Gasteiger partial charge in [0.25, 0.3) is 5.91 Å². The van der Waals surface area contributed by atoms with Crippen LogP contribution in [-0.2, 0) is 6.54 Å². The van der Waals surface area contributed by atoms with Crippen molar-refractivity contribution in [3.05, 3.63) is 56.5 Å². The van der Waals surface area contributed by atoms with E-state index < -0.39 is 0 Å². The van der Waals surface area contributed by atoms with Crippen molar-refractivity contribution in [3.8, 4) is 5.75 Å². The van der Waals surface area contributed by atoms with Gasteiger partial charge in [-0.25, -0.2) is 0 Å². The van der Waals surface area contributed by atoms with Crippen LogP contribution in [0.4, 0.5) is 5.69 Å². The molecule has 2 rings (SSSR count). The van der Waals surface area contributed by atoms with Crippen molar-refractivity contribution in [1.29, 1.82) is 0 Å². The molecule has 0 aromatic heterocycles. The van der Waals surface area contributed by atoms with E-state index in [-0.39, 0.29) is 5.91 Å². The number of nitrogens with one attached hydrogen (secondary N) is 2. The highest BCUT2D eigenvalue weighted by molar-refractivity contribution is 9.11. The molecule has 0 spiro atoms. The number of rotatable bonds is 7. The van der Waals surface area contributed by atoms with E-state index in [0.29, 0.717) is 24.6 Å². The van der Waals surface area contributed by atoms with Crippen molar-refractivity contribution >= 4 is 43.5 Å². The van der Waals surface area contributed by atoms with Crippen LogP contribution < -0.4 is 15.4 Å². The zero-order chi connectivity index (χ0) is 18.4. The fourth-order valence-electron chi connectivity index (χ4n) is 2.34. The second kappa shape index (κ2) is 9.25. The monoisotopic (exact) mass is 468 g/mol. The van der Waals surface area contributed by atoms with Crippen molar-refractivity contribution in [2.45, 2.75) is 20.4 Å². The Balaban J connectivity index is 2.09. The molecule has 0 saturated carbocycles. The first-order valence-corrected chi connectivity index (χ1v) is 9.63. The van der Waals surface area contributed by atoms with E-state index in [9.17, 15) is 4.79 Å². The number of hydrogen-bond donors (Lipinski definition) is 2. The fraction of sp³-hybridized carbons (Fsp3) is 0.316. The Hall–Kier alpha value is -1.53. The Kier molecular flexibility index (Phi) is 7.32. The van der Waals surface area contributed by atoms with Crippen molar-refractivity contribution in [2.75, 3.05) is 19.0 Å². The Labute approximate surface area is 165 Å². The number of amides is 1. The molecule has 2 aromatic carbocycles. The molecule has 0 unspecified atom stereocenters. The molecule has 2 aromatic rings. The lowest BCUT2D eigenvalue weighted by Gasteiger charge is -2.14. The number of methoxy groups -OCH3 is 1. The van der Waals surface area contributed by atoms with Gasteiger partial charge in [-0.05, 0) is 52.2 Å². The molecule has 0 heterocycles. The van der Waals surface area contributed by atoms with E-state index in [4.69, 9.17) is 4.74 Å². The van der Waals surface area contributed by atoms with Crippen LogP contribution in [0.1, 0.15) is 29.8 Å². The van der Waals surface area contributed by atoms with E-state index >= 15 is 0 Å². The molecule has 0 aliphatic rings. The van der Waals surface area contributed by atoms with E-state index in [1.54, 1.807) is 7.11 Å². The number of benzene rings is 2. The summed E-state index contributed by atoms with van der Waals surface area (Å²) in [5.41, 5.74) is 2.54. The van der Waals surface area contributed by atoms with Gasteiger partial charge in [0.05, 0.1) is 11.6 Å². The molecule has 1 amide bonds. The minimum Gasteiger partial charge on any atom is -0.495 e. The normalized spacial score (nSPS) is 10.6. The number of anilines is 1. The molecule has 2 N–H and O–H groups in total. The van der Waals surface area contributed by atoms with Crippen LogP contribution in [-0.4, -0.2) is 19.6 Å². The lowest BCUT2D eigenvalue weighted by molar-refractivity contribution is 0.0949. The summed E-state index contributed by atoms with van der Waals surface area (Å²) in [6, 6.07) is 11.4. The highest BCUT2D eigenvalue weighted by Crippen LogP contribution is 2.33. The summed E-state index contributed by atoms with van der Waals surface area (Å²) >= 11 is 7.00. The third kappa shape index (κ3) is 5.75. The number of carbonyl (C=O) groups excluding carboxylic acids is 1. The predicted molar refractivity (Wildman–Crippen MR) is 109 cm³/mol. The van der Waals surface area contributed by atoms with E-state index in [2.05, 4.69) is 56.3 Å². The zero-order valence-electron chi connectivity index (χ0n) is 14.5. The zero-order valence-corrected chi connectivity index (χ0v) is 17.7. The summed E-state index contributed by atoms with van der Waals surface area (Å²) < 4.78 is 7.33. The van der Waals surface area contributed by atoms with E-state index in [1.165, 1.54) is 0 Å². The van der Waals surface area contributed by atoms with Crippen LogP contribution in [0.25, 0.3) is 0 Å². The summed E-state index contributed by atoms with van der Waals surface area (Å²) in [5, 5.41) is 6.28. The Morgan fingerprint density at radius 1 is 1.20 bits per heavy atom. The molecule has 0 radical (unpaired) electrons. The van der Waals surface area contributed by atoms with E-state index in [1.807, 2.05) is 36.4 Å². The van der Waals surface area contributed by atoms with E-state index in [0.717, 1.165) is 25.9 Å². The molecule has 6 heteroatoms. The minimum atomic E-state index is -0.0554. The average molecular weight is 470 g/mol. The molecule has 0 fully saturated rings. The van der Waals surface area contributed by atoms with Gasteiger partial charge in [0.2, 0.25) is 0 Å². The highest BCUT2D eigenvalue weighted by Gasteiger charge is 2.10. The lowest BCUT2D eigenvalue weighted by atomic mass is 10.1. The maximum absolute atomic E-state index is 12.2. The van der Waals surface area contributed by atoms with Crippen molar-refractivity contribution in [3.63, 3.8) is 0 Å². The van der Waals surface area contributed by atoms with Gasteiger partial charge in [-0.1, -0.05) is 35.8 Å². The molecule has 0 saturated heterocycles. The number of halogens is 2. The first kappa shape index (κ1) is 19.8. The third-order valence-corrected chi connectivity index (χ3v) is 4.61. The van der Waals surface area contributed by atoms with Crippen molar-refractivity contribution < 1.29 is 9.53 Å². The quantitative estimate of drug-likeness (QED) is 0.584. The van der Waals surface area contributed by atoms with Crippen molar-refractivity contribution in [1.82, 2.24) is 5.32 Å². The summed E-state index contributed by atoms with van der Waals surface area (Å²) in [7, 11) is 1.65. The second-order valence-electron chi connectivity index (χ2n) is 6.12. The molecule has 25 heavy (non-hydrogen) atoms. The molecule has 0 atom stereocenters. The average Bonchev–Trinajstić information content (AvgIpc) is 2.57. The van der Waals surface area contributed by atoms with Crippen LogP contribution in [0.5, 0.6) is 5.75 Å². The van der Waals surface area contributed by atoms with Gasteiger partial charge in [0, 0.05) is 34.4 Å². The summed E-state index contributed by atoms with van der Waals surface area (Å²) in [6.45, 7) is 5.39. The maximum atomic E-state index is 12.2. The molecule has 134 valence electrons. The Morgan fingerprint density at radius 3 is 2.64 bits per heavy atom. The first-order valence-electron chi connectivity index (χ1n) is 8.04. The predicted octanol–water partition coefficient (Wildman–Crippen LogP) is 5.22. The number of hydrogen-bond acceptors (Lipinski definition) is 3. The van der Waals surface area contributed by atoms with Gasteiger partial charge >= 0.3 is 0 Å². The van der Waals surface area contributed by atoms with Gasteiger partial charge in [-0.3, -0.25) is 4.79 Å².